The molecule has 7 heteroatoms. The van der Waals surface area contributed by atoms with Gasteiger partial charge < -0.3 is 14.7 Å². The lowest BCUT2D eigenvalue weighted by molar-refractivity contribution is -0.150. The summed E-state index contributed by atoms with van der Waals surface area (Å²) < 4.78 is 6.37. The van der Waals surface area contributed by atoms with Crippen molar-refractivity contribution in [3.05, 3.63) is 22.6 Å². The summed E-state index contributed by atoms with van der Waals surface area (Å²) in [7, 11) is 1.90. The molecule has 1 heterocycles. The lowest BCUT2D eigenvalue weighted by atomic mass is 10.2. The first-order valence-corrected chi connectivity index (χ1v) is 7.12. The van der Waals surface area contributed by atoms with Gasteiger partial charge in [0.05, 0.1) is 11.9 Å². The second kappa shape index (κ2) is 8.41. The molecule has 0 fully saturated rings. The molecule has 21 heavy (non-hydrogen) atoms. The molecule has 0 saturated carbocycles. The number of aromatic nitrogens is 2. The number of carboxylic acid groups (broad SMARTS) is 1. The summed E-state index contributed by atoms with van der Waals surface area (Å²) in [5, 5.41) is 13.1. The number of rotatable bonds is 9. The topological polar surface area (TPSA) is 84.7 Å². The highest BCUT2D eigenvalue weighted by atomic mass is 16.5. The molecule has 0 saturated heterocycles. The van der Waals surface area contributed by atoms with Crippen molar-refractivity contribution in [3.63, 3.8) is 0 Å². The summed E-state index contributed by atoms with van der Waals surface area (Å²) in [6.45, 7) is 5.17. The van der Waals surface area contributed by atoms with E-state index in [4.69, 9.17) is 9.84 Å². The molecule has 0 amide bonds. The Hall–Kier alpha value is -1.89. The fraction of sp³-hybridized carbons (Fsp3) is 0.643. The van der Waals surface area contributed by atoms with Gasteiger partial charge in [0, 0.05) is 39.2 Å². The Labute approximate surface area is 124 Å². The van der Waals surface area contributed by atoms with Crippen molar-refractivity contribution in [2.75, 3.05) is 25.1 Å². The van der Waals surface area contributed by atoms with Gasteiger partial charge in [-0.2, -0.15) is 5.10 Å². The Kier molecular flexibility index (Phi) is 6.87. The summed E-state index contributed by atoms with van der Waals surface area (Å²) in [5.41, 5.74) is 0.522. The van der Waals surface area contributed by atoms with Crippen LogP contribution in [-0.4, -0.2) is 47.2 Å². The maximum atomic E-state index is 12.0. The number of anilines is 1. The SMILES string of the molecule is CCCN(C)c1cnn(CCC(OCC)C(=O)O)c(=O)c1. The second-order valence-corrected chi connectivity index (χ2v) is 4.77. The maximum Gasteiger partial charge on any atom is 0.332 e. The van der Waals surface area contributed by atoms with Crippen LogP contribution in [-0.2, 0) is 16.1 Å². The number of hydrogen-bond acceptors (Lipinski definition) is 5. The largest absolute Gasteiger partial charge is 0.479 e. The van der Waals surface area contributed by atoms with Crippen LogP contribution in [0.1, 0.15) is 26.7 Å². The van der Waals surface area contributed by atoms with E-state index in [-0.39, 0.29) is 18.5 Å². The quantitative estimate of drug-likeness (QED) is 0.731. The van der Waals surface area contributed by atoms with E-state index in [1.165, 1.54) is 10.7 Å². The molecule has 0 aliphatic heterocycles. The van der Waals surface area contributed by atoms with Crippen molar-refractivity contribution in [2.45, 2.75) is 39.3 Å². The Balaban J connectivity index is 2.72. The van der Waals surface area contributed by atoms with Crippen molar-refractivity contribution in [1.29, 1.82) is 0 Å². The number of hydrogen-bond donors (Lipinski definition) is 1. The van der Waals surface area contributed by atoms with E-state index in [9.17, 15) is 9.59 Å². The second-order valence-electron chi connectivity index (χ2n) is 4.77. The van der Waals surface area contributed by atoms with Crippen LogP contribution in [0.4, 0.5) is 5.69 Å². The van der Waals surface area contributed by atoms with Crippen molar-refractivity contribution < 1.29 is 14.6 Å². The van der Waals surface area contributed by atoms with Gasteiger partial charge in [-0.15, -0.1) is 0 Å². The van der Waals surface area contributed by atoms with Crippen LogP contribution in [0, 0.1) is 0 Å². The molecule has 1 unspecified atom stereocenters. The third-order valence-corrected chi connectivity index (χ3v) is 3.10. The average molecular weight is 297 g/mol. The van der Waals surface area contributed by atoms with Crippen LogP contribution >= 0.6 is 0 Å². The normalized spacial score (nSPS) is 12.1. The molecule has 0 radical (unpaired) electrons. The number of ether oxygens (including phenoxy) is 1. The van der Waals surface area contributed by atoms with Crippen molar-refractivity contribution in [2.24, 2.45) is 0 Å². The molecule has 0 aliphatic carbocycles. The van der Waals surface area contributed by atoms with Gasteiger partial charge in [-0.25, -0.2) is 9.48 Å². The molecule has 1 aromatic heterocycles. The molecule has 1 N–H and O–H groups in total. The van der Waals surface area contributed by atoms with E-state index < -0.39 is 12.1 Å². The predicted molar refractivity (Wildman–Crippen MR) is 79.7 cm³/mol. The molecule has 0 aliphatic rings. The zero-order chi connectivity index (χ0) is 15.8. The minimum atomic E-state index is -1.02. The van der Waals surface area contributed by atoms with Crippen molar-refractivity contribution in [1.82, 2.24) is 9.78 Å². The summed E-state index contributed by atoms with van der Waals surface area (Å²) in [6, 6.07) is 1.51. The Bertz CT molecular complexity index is 515. The summed E-state index contributed by atoms with van der Waals surface area (Å²) in [6.07, 6.45) is 1.90. The highest BCUT2D eigenvalue weighted by molar-refractivity contribution is 5.72. The molecule has 1 atom stereocenters. The van der Waals surface area contributed by atoms with Crippen LogP contribution in [0.3, 0.4) is 0 Å². The van der Waals surface area contributed by atoms with Crippen molar-refractivity contribution >= 4 is 11.7 Å². The third kappa shape index (κ3) is 5.18. The number of aliphatic carboxylic acids is 1. The van der Waals surface area contributed by atoms with Gasteiger partial charge >= 0.3 is 5.97 Å². The molecule has 7 nitrogen and oxygen atoms in total. The van der Waals surface area contributed by atoms with Gasteiger partial charge in [-0.3, -0.25) is 4.79 Å². The predicted octanol–water partition coefficient (Wildman–Crippen LogP) is 0.969. The van der Waals surface area contributed by atoms with E-state index in [1.54, 1.807) is 13.1 Å². The van der Waals surface area contributed by atoms with Crippen LogP contribution in [0.15, 0.2) is 17.1 Å². The molecular formula is C14H23N3O4. The summed E-state index contributed by atoms with van der Waals surface area (Å²) in [4.78, 5) is 24.9. The standard InChI is InChI=1S/C14H23N3O4/c1-4-7-16(3)11-9-13(18)17(15-10-11)8-6-12(14(19)20)21-5-2/h9-10,12H,4-8H2,1-3H3,(H,19,20). The number of nitrogens with zero attached hydrogens (tertiary/aromatic N) is 3. The van der Waals surface area contributed by atoms with Gasteiger partial charge in [0.25, 0.3) is 5.56 Å². The Morgan fingerprint density at radius 1 is 1.52 bits per heavy atom. The zero-order valence-corrected chi connectivity index (χ0v) is 12.8. The minimum absolute atomic E-state index is 0.209. The first kappa shape index (κ1) is 17.2. The van der Waals surface area contributed by atoms with Crippen LogP contribution in [0.2, 0.25) is 0 Å². The number of carboxylic acids is 1. The molecule has 1 aromatic rings. The highest BCUT2D eigenvalue weighted by Crippen LogP contribution is 2.07. The fourth-order valence-corrected chi connectivity index (χ4v) is 1.98. The van der Waals surface area contributed by atoms with Gasteiger partial charge in [-0.05, 0) is 13.3 Å². The molecule has 1 rings (SSSR count). The lowest BCUT2D eigenvalue weighted by Crippen LogP contribution is -2.30. The highest BCUT2D eigenvalue weighted by Gasteiger charge is 2.17. The zero-order valence-electron chi connectivity index (χ0n) is 12.8. The molecule has 0 bridgehead atoms. The molecule has 118 valence electrons. The van der Waals surface area contributed by atoms with E-state index >= 15 is 0 Å². The average Bonchev–Trinajstić information content (AvgIpc) is 2.44. The lowest BCUT2D eigenvalue weighted by Gasteiger charge is -2.18. The minimum Gasteiger partial charge on any atom is -0.479 e. The molecular weight excluding hydrogens is 274 g/mol. The van der Waals surface area contributed by atoms with E-state index in [1.807, 2.05) is 11.9 Å². The first-order valence-electron chi connectivity index (χ1n) is 7.12. The van der Waals surface area contributed by atoms with Crippen molar-refractivity contribution in [3.8, 4) is 0 Å². The number of carbonyl (C=O) groups is 1. The summed E-state index contributed by atoms with van der Waals surface area (Å²) >= 11 is 0. The first-order chi connectivity index (χ1) is 9.99. The fourth-order valence-electron chi connectivity index (χ4n) is 1.98. The van der Waals surface area contributed by atoms with Gasteiger partial charge in [0.15, 0.2) is 6.10 Å². The monoisotopic (exact) mass is 297 g/mol. The van der Waals surface area contributed by atoms with Gasteiger partial charge in [-0.1, -0.05) is 6.92 Å². The Morgan fingerprint density at radius 3 is 2.76 bits per heavy atom. The van der Waals surface area contributed by atoms with Crippen LogP contribution in [0.25, 0.3) is 0 Å². The number of aryl methyl sites for hydroxylation is 1. The molecule has 0 spiro atoms. The van der Waals surface area contributed by atoms with Crippen LogP contribution in [0.5, 0.6) is 0 Å². The third-order valence-electron chi connectivity index (χ3n) is 3.10. The Morgan fingerprint density at radius 2 is 2.24 bits per heavy atom. The van der Waals surface area contributed by atoms with Gasteiger partial charge in [0.1, 0.15) is 0 Å². The van der Waals surface area contributed by atoms with Crippen LogP contribution < -0.4 is 10.5 Å². The summed E-state index contributed by atoms with van der Waals surface area (Å²) in [5.74, 6) is -1.02. The van der Waals surface area contributed by atoms with E-state index in [0.29, 0.717) is 6.61 Å². The van der Waals surface area contributed by atoms with E-state index in [0.717, 1.165) is 18.7 Å². The maximum absolute atomic E-state index is 12.0. The smallest absolute Gasteiger partial charge is 0.332 e. The van der Waals surface area contributed by atoms with Gasteiger partial charge in [0.2, 0.25) is 0 Å². The van der Waals surface area contributed by atoms with E-state index in [2.05, 4.69) is 12.0 Å². The molecule has 0 aromatic carbocycles.